The van der Waals surface area contributed by atoms with Crippen LogP contribution < -0.4 is 11.1 Å². The number of amides is 1. The Morgan fingerprint density at radius 1 is 1.47 bits per heavy atom. The molecule has 17 heavy (non-hydrogen) atoms. The number of hydrogen-bond acceptors (Lipinski definition) is 4. The molecule has 0 aromatic carbocycles. The third-order valence-corrected chi connectivity index (χ3v) is 3.43. The number of thioether (sulfide) groups is 1. The van der Waals surface area contributed by atoms with E-state index in [0.717, 1.165) is 6.42 Å². The maximum Gasteiger partial charge on any atom is 0.326 e. The zero-order valence-corrected chi connectivity index (χ0v) is 11.4. The molecule has 5 nitrogen and oxygen atoms in total. The van der Waals surface area contributed by atoms with Crippen LogP contribution in [-0.4, -0.2) is 41.1 Å². The third kappa shape index (κ3) is 5.93. The van der Waals surface area contributed by atoms with Gasteiger partial charge in [-0.3, -0.25) is 4.79 Å². The summed E-state index contributed by atoms with van der Waals surface area (Å²) >= 11 is 1.55. The van der Waals surface area contributed by atoms with E-state index in [1.54, 1.807) is 11.8 Å². The molecule has 0 spiro atoms. The number of hydrogen-bond donors (Lipinski definition) is 3. The van der Waals surface area contributed by atoms with Crippen molar-refractivity contribution in [1.29, 1.82) is 0 Å². The van der Waals surface area contributed by atoms with E-state index in [1.807, 2.05) is 20.1 Å². The normalized spacial score (nSPS) is 16.0. The van der Waals surface area contributed by atoms with Gasteiger partial charge in [-0.05, 0) is 24.3 Å². The van der Waals surface area contributed by atoms with Crippen LogP contribution >= 0.6 is 11.8 Å². The molecule has 0 aromatic rings. The molecule has 3 atom stereocenters. The van der Waals surface area contributed by atoms with Crippen LogP contribution in [-0.2, 0) is 9.59 Å². The number of nitrogens with two attached hydrogens (primary N) is 1. The van der Waals surface area contributed by atoms with Crippen molar-refractivity contribution in [2.45, 2.75) is 38.8 Å². The van der Waals surface area contributed by atoms with Crippen molar-refractivity contribution in [2.75, 3.05) is 12.0 Å². The summed E-state index contributed by atoms with van der Waals surface area (Å²) in [4.78, 5) is 22.7. The van der Waals surface area contributed by atoms with Crippen LogP contribution in [0, 0.1) is 5.92 Å². The van der Waals surface area contributed by atoms with Crippen LogP contribution in [0.25, 0.3) is 0 Å². The zero-order valence-electron chi connectivity index (χ0n) is 10.6. The van der Waals surface area contributed by atoms with Gasteiger partial charge in [-0.1, -0.05) is 20.3 Å². The van der Waals surface area contributed by atoms with Crippen molar-refractivity contribution in [2.24, 2.45) is 11.7 Å². The fraction of sp³-hybridized carbons (Fsp3) is 0.818. The number of carboxylic acid groups (broad SMARTS) is 1. The summed E-state index contributed by atoms with van der Waals surface area (Å²) in [5.41, 5.74) is 5.74. The first-order chi connectivity index (χ1) is 7.93. The predicted octanol–water partition coefficient (Wildman–Crippen LogP) is 0.682. The van der Waals surface area contributed by atoms with Gasteiger partial charge in [0.25, 0.3) is 0 Å². The molecule has 0 heterocycles. The topological polar surface area (TPSA) is 92.4 Å². The summed E-state index contributed by atoms with van der Waals surface area (Å²) in [6, 6.07) is -1.49. The molecule has 2 unspecified atom stereocenters. The van der Waals surface area contributed by atoms with Crippen LogP contribution in [0.1, 0.15) is 26.7 Å². The van der Waals surface area contributed by atoms with Crippen molar-refractivity contribution in [3.8, 4) is 0 Å². The number of rotatable bonds is 8. The van der Waals surface area contributed by atoms with Gasteiger partial charge in [0.1, 0.15) is 6.04 Å². The Labute approximate surface area is 107 Å². The quantitative estimate of drug-likeness (QED) is 0.598. The van der Waals surface area contributed by atoms with Crippen LogP contribution in [0.3, 0.4) is 0 Å². The molecule has 6 heteroatoms. The van der Waals surface area contributed by atoms with Crippen molar-refractivity contribution in [3.05, 3.63) is 0 Å². The average molecular weight is 262 g/mol. The van der Waals surface area contributed by atoms with E-state index in [4.69, 9.17) is 10.8 Å². The Hall–Kier alpha value is -0.750. The molecule has 0 saturated carbocycles. The molecule has 0 radical (unpaired) electrons. The highest BCUT2D eigenvalue weighted by atomic mass is 32.2. The lowest BCUT2D eigenvalue weighted by molar-refractivity contribution is -0.142. The van der Waals surface area contributed by atoms with Crippen LogP contribution in [0.15, 0.2) is 0 Å². The monoisotopic (exact) mass is 262 g/mol. The summed E-state index contributed by atoms with van der Waals surface area (Å²) in [7, 11) is 0. The van der Waals surface area contributed by atoms with E-state index < -0.39 is 18.1 Å². The molecule has 0 bridgehead atoms. The minimum Gasteiger partial charge on any atom is -0.480 e. The van der Waals surface area contributed by atoms with Crippen molar-refractivity contribution in [3.63, 3.8) is 0 Å². The first-order valence-corrected chi connectivity index (χ1v) is 7.11. The Balaban J connectivity index is 4.34. The lowest BCUT2D eigenvalue weighted by atomic mass is 9.99. The molecular weight excluding hydrogens is 240 g/mol. The van der Waals surface area contributed by atoms with E-state index in [9.17, 15) is 9.59 Å². The fourth-order valence-electron chi connectivity index (χ4n) is 1.27. The largest absolute Gasteiger partial charge is 0.480 e. The van der Waals surface area contributed by atoms with Crippen LogP contribution in [0.2, 0.25) is 0 Å². The number of carbonyl (C=O) groups excluding carboxylic acids is 1. The molecule has 0 rings (SSSR count). The van der Waals surface area contributed by atoms with Gasteiger partial charge in [0, 0.05) is 0 Å². The first-order valence-electron chi connectivity index (χ1n) is 5.71. The molecule has 100 valence electrons. The van der Waals surface area contributed by atoms with E-state index >= 15 is 0 Å². The van der Waals surface area contributed by atoms with E-state index in [0.29, 0.717) is 12.2 Å². The van der Waals surface area contributed by atoms with Crippen molar-refractivity contribution in [1.82, 2.24) is 5.32 Å². The van der Waals surface area contributed by atoms with E-state index in [2.05, 4.69) is 5.32 Å². The number of carbonyl (C=O) groups is 2. The lowest BCUT2D eigenvalue weighted by Gasteiger charge is -2.21. The number of carboxylic acids is 1. The van der Waals surface area contributed by atoms with Gasteiger partial charge in [-0.2, -0.15) is 11.8 Å². The molecule has 0 aliphatic heterocycles. The highest BCUT2D eigenvalue weighted by Crippen LogP contribution is 2.07. The van der Waals surface area contributed by atoms with Gasteiger partial charge in [-0.25, -0.2) is 4.79 Å². The number of nitrogens with one attached hydrogen (secondary N) is 1. The molecule has 0 fully saturated rings. The summed E-state index contributed by atoms with van der Waals surface area (Å²) < 4.78 is 0. The Kier molecular flexibility index (Phi) is 7.99. The Morgan fingerprint density at radius 3 is 2.47 bits per heavy atom. The van der Waals surface area contributed by atoms with Crippen LogP contribution in [0.5, 0.6) is 0 Å². The smallest absolute Gasteiger partial charge is 0.326 e. The lowest BCUT2D eigenvalue weighted by Crippen LogP contribution is -2.50. The summed E-state index contributed by atoms with van der Waals surface area (Å²) in [6.07, 6.45) is 3.10. The molecule has 0 aliphatic carbocycles. The minimum atomic E-state index is -1.01. The molecule has 0 aliphatic rings. The Bertz CT molecular complexity index is 261. The second-order valence-corrected chi connectivity index (χ2v) is 5.08. The SMILES string of the molecule is CCC(C)C(N)C(=O)N[C@H](CCSC)C(=O)O. The second-order valence-electron chi connectivity index (χ2n) is 4.09. The molecule has 4 N–H and O–H groups in total. The number of aliphatic carboxylic acids is 1. The van der Waals surface area contributed by atoms with Gasteiger partial charge in [-0.15, -0.1) is 0 Å². The fourth-order valence-corrected chi connectivity index (χ4v) is 1.74. The Morgan fingerprint density at radius 2 is 2.06 bits per heavy atom. The molecule has 0 aromatic heterocycles. The maximum atomic E-state index is 11.7. The highest BCUT2D eigenvalue weighted by molar-refractivity contribution is 7.98. The minimum absolute atomic E-state index is 0.0463. The molecule has 0 saturated heterocycles. The van der Waals surface area contributed by atoms with Gasteiger partial charge < -0.3 is 16.2 Å². The average Bonchev–Trinajstić information content (AvgIpc) is 2.31. The summed E-state index contributed by atoms with van der Waals surface area (Å²) in [5.74, 6) is -0.655. The predicted molar refractivity (Wildman–Crippen MR) is 70.0 cm³/mol. The summed E-state index contributed by atoms with van der Waals surface area (Å²) in [5, 5.41) is 11.5. The first kappa shape index (κ1) is 16.2. The van der Waals surface area contributed by atoms with Gasteiger partial charge in [0.15, 0.2) is 0 Å². The third-order valence-electron chi connectivity index (χ3n) is 2.78. The van der Waals surface area contributed by atoms with E-state index in [-0.39, 0.29) is 11.8 Å². The van der Waals surface area contributed by atoms with Gasteiger partial charge >= 0.3 is 5.97 Å². The standard InChI is InChI=1S/C11H22N2O3S/c1-4-7(2)9(12)10(14)13-8(11(15)16)5-6-17-3/h7-9H,4-6,12H2,1-3H3,(H,13,14)(H,15,16)/t7?,8-,9?/m1/s1. The molecule has 1 amide bonds. The van der Waals surface area contributed by atoms with Crippen molar-refractivity contribution >= 4 is 23.6 Å². The maximum absolute atomic E-state index is 11.7. The van der Waals surface area contributed by atoms with Gasteiger partial charge in [0.05, 0.1) is 6.04 Å². The second kappa shape index (κ2) is 8.36. The highest BCUT2D eigenvalue weighted by Gasteiger charge is 2.25. The summed E-state index contributed by atoms with van der Waals surface area (Å²) in [6.45, 7) is 3.82. The molecular formula is C11H22N2O3S. The van der Waals surface area contributed by atoms with Crippen molar-refractivity contribution < 1.29 is 14.7 Å². The van der Waals surface area contributed by atoms with E-state index in [1.165, 1.54) is 0 Å². The van der Waals surface area contributed by atoms with Crippen LogP contribution in [0.4, 0.5) is 0 Å². The zero-order chi connectivity index (χ0) is 13.4. The van der Waals surface area contributed by atoms with Gasteiger partial charge in [0.2, 0.25) is 5.91 Å².